The first kappa shape index (κ1) is 25.4. The summed E-state index contributed by atoms with van der Waals surface area (Å²) in [7, 11) is 5.72. The Labute approximate surface area is 226 Å². The van der Waals surface area contributed by atoms with E-state index in [0.29, 0.717) is 18.8 Å². The third-order valence-corrected chi connectivity index (χ3v) is 7.58. The van der Waals surface area contributed by atoms with Crippen LogP contribution in [-0.2, 0) is 5.60 Å². The van der Waals surface area contributed by atoms with Crippen molar-refractivity contribution in [1.29, 1.82) is 0 Å². The lowest BCUT2D eigenvalue weighted by Gasteiger charge is -2.39. The summed E-state index contributed by atoms with van der Waals surface area (Å²) >= 11 is 3.56. The average Bonchev–Trinajstić information content (AvgIpc) is 2.92. The van der Waals surface area contributed by atoms with E-state index in [1.165, 1.54) is 0 Å². The van der Waals surface area contributed by atoms with Gasteiger partial charge in [-0.05, 0) is 60.6 Å². The number of aromatic nitrogens is 1. The molecule has 4 aromatic carbocycles. The van der Waals surface area contributed by atoms with Gasteiger partial charge in [0.2, 0.25) is 5.88 Å². The fourth-order valence-electron chi connectivity index (χ4n) is 5.30. The number of halogens is 1. The van der Waals surface area contributed by atoms with Gasteiger partial charge in [-0.1, -0.05) is 94.8 Å². The van der Waals surface area contributed by atoms with Gasteiger partial charge in [-0.3, -0.25) is 0 Å². The molecule has 37 heavy (non-hydrogen) atoms. The van der Waals surface area contributed by atoms with Gasteiger partial charge in [0.1, 0.15) is 5.60 Å². The maximum absolute atomic E-state index is 13.0. The maximum atomic E-state index is 13.0. The van der Waals surface area contributed by atoms with Gasteiger partial charge in [0.05, 0.1) is 12.6 Å². The number of fused-ring (bicyclic) bond motifs is 2. The van der Waals surface area contributed by atoms with Gasteiger partial charge in [-0.25, -0.2) is 4.98 Å². The van der Waals surface area contributed by atoms with Crippen LogP contribution in [0.5, 0.6) is 5.88 Å². The van der Waals surface area contributed by atoms with Gasteiger partial charge in [0.15, 0.2) is 0 Å². The molecule has 0 fully saturated rings. The van der Waals surface area contributed by atoms with E-state index >= 15 is 0 Å². The zero-order valence-corrected chi connectivity index (χ0v) is 22.9. The molecule has 0 aliphatic heterocycles. The third kappa shape index (κ3) is 4.99. The molecule has 1 aromatic heterocycles. The highest BCUT2D eigenvalue weighted by Crippen LogP contribution is 2.49. The number of nitrogens with zero attached hydrogens (tertiary/aromatic N) is 2. The standard InChI is InChI=1S/C32H31BrN2O2/c1-35(2)19-18-32(36,28-15-9-13-22-10-7-8-14-26(22)28)30(23-11-5-4-6-12-23)27-20-24-16-17-25(33)21-29(24)34-31(27)37-3/h4-17,20-21,30,36H,18-19H2,1-3H3/t30-,32-/m0/s1. The second kappa shape index (κ2) is 10.6. The number of rotatable bonds is 8. The van der Waals surface area contributed by atoms with E-state index in [9.17, 15) is 5.11 Å². The van der Waals surface area contributed by atoms with Crippen molar-refractivity contribution in [3.05, 3.63) is 118 Å². The van der Waals surface area contributed by atoms with Crippen LogP contribution in [0.25, 0.3) is 21.7 Å². The van der Waals surface area contributed by atoms with Crippen LogP contribution in [0.4, 0.5) is 0 Å². The van der Waals surface area contributed by atoms with Crippen LogP contribution in [0.15, 0.2) is 102 Å². The molecule has 4 nitrogen and oxygen atoms in total. The molecule has 0 aliphatic rings. The van der Waals surface area contributed by atoms with E-state index in [-0.39, 0.29) is 0 Å². The second-order valence-electron chi connectivity index (χ2n) is 9.77. The molecular formula is C32H31BrN2O2. The quantitative estimate of drug-likeness (QED) is 0.221. The number of ether oxygens (including phenoxy) is 1. The molecule has 0 unspecified atom stereocenters. The molecule has 188 valence electrons. The Bertz CT molecular complexity index is 1530. The maximum Gasteiger partial charge on any atom is 0.217 e. The SMILES string of the molecule is COc1nc2cc(Br)ccc2cc1[C@H](c1ccccc1)[C@](O)(CCN(C)C)c1cccc2ccccc12. The highest BCUT2D eigenvalue weighted by Gasteiger charge is 2.43. The van der Waals surface area contributed by atoms with Crippen LogP contribution in [-0.4, -0.2) is 42.7 Å². The van der Waals surface area contributed by atoms with Gasteiger partial charge in [0, 0.05) is 27.9 Å². The largest absolute Gasteiger partial charge is 0.481 e. The molecule has 0 radical (unpaired) electrons. The van der Waals surface area contributed by atoms with Crippen LogP contribution in [0.2, 0.25) is 0 Å². The second-order valence-corrected chi connectivity index (χ2v) is 10.7. The normalized spacial score (nSPS) is 14.1. The smallest absolute Gasteiger partial charge is 0.217 e. The molecule has 0 aliphatic carbocycles. The average molecular weight is 556 g/mol. The van der Waals surface area contributed by atoms with Gasteiger partial charge in [0.25, 0.3) is 0 Å². The molecule has 0 amide bonds. The van der Waals surface area contributed by atoms with Crippen molar-refractivity contribution in [1.82, 2.24) is 9.88 Å². The van der Waals surface area contributed by atoms with Crippen molar-refractivity contribution in [2.24, 2.45) is 0 Å². The van der Waals surface area contributed by atoms with Crippen molar-refractivity contribution < 1.29 is 9.84 Å². The summed E-state index contributed by atoms with van der Waals surface area (Å²) in [5.41, 5.74) is 2.36. The third-order valence-electron chi connectivity index (χ3n) is 7.08. The summed E-state index contributed by atoms with van der Waals surface area (Å²) in [5, 5.41) is 16.2. The zero-order valence-electron chi connectivity index (χ0n) is 21.4. The first-order valence-corrected chi connectivity index (χ1v) is 13.2. The highest BCUT2D eigenvalue weighted by molar-refractivity contribution is 9.10. The Morgan fingerprint density at radius 3 is 2.38 bits per heavy atom. The Morgan fingerprint density at radius 2 is 1.62 bits per heavy atom. The fourth-order valence-corrected chi connectivity index (χ4v) is 5.65. The summed E-state index contributed by atoms with van der Waals surface area (Å²) in [6.07, 6.45) is 0.523. The van der Waals surface area contributed by atoms with Crippen LogP contribution >= 0.6 is 15.9 Å². The lowest BCUT2D eigenvalue weighted by atomic mass is 9.70. The predicted octanol–water partition coefficient (Wildman–Crippen LogP) is 7.13. The van der Waals surface area contributed by atoms with Gasteiger partial charge in [-0.2, -0.15) is 0 Å². The number of aliphatic hydroxyl groups is 1. The van der Waals surface area contributed by atoms with Crippen molar-refractivity contribution >= 4 is 37.6 Å². The molecule has 0 saturated carbocycles. The summed E-state index contributed by atoms with van der Waals surface area (Å²) < 4.78 is 6.85. The topological polar surface area (TPSA) is 45.6 Å². The number of hydrogen-bond donors (Lipinski definition) is 1. The minimum atomic E-state index is -1.25. The highest BCUT2D eigenvalue weighted by atomic mass is 79.9. The van der Waals surface area contributed by atoms with Crippen molar-refractivity contribution in [3.8, 4) is 5.88 Å². The summed E-state index contributed by atoms with van der Waals surface area (Å²) in [6, 6.07) is 32.9. The molecule has 5 rings (SSSR count). The first-order valence-electron chi connectivity index (χ1n) is 12.4. The molecule has 0 saturated heterocycles. The van der Waals surface area contributed by atoms with Crippen molar-refractivity contribution in [3.63, 3.8) is 0 Å². The predicted molar refractivity (Wildman–Crippen MR) is 155 cm³/mol. The van der Waals surface area contributed by atoms with Crippen molar-refractivity contribution in [2.45, 2.75) is 17.9 Å². The van der Waals surface area contributed by atoms with Gasteiger partial charge < -0.3 is 14.7 Å². The summed E-state index contributed by atoms with van der Waals surface area (Å²) in [5.74, 6) is 0.0953. The van der Waals surface area contributed by atoms with E-state index < -0.39 is 11.5 Å². The lowest BCUT2D eigenvalue weighted by molar-refractivity contribution is 0.00520. The van der Waals surface area contributed by atoms with Crippen LogP contribution in [0, 0.1) is 0 Å². The van der Waals surface area contributed by atoms with E-state index in [4.69, 9.17) is 9.72 Å². The first-order chi connectivity index (χ1) is 17.9. The molecule has 1 heterocycles. The number of pyridine rings is 1. The summed E-state index contributed by atoms with van der Waals surface area (Å²) in [4.78, 5) is 7.01. The monoisotopic (exact) mass is 554 g/mol. The Kier molecular flexibility index (Phi) is 7.29. The van der Waals surface area contributed by atoms with E-state index in [1.54, 1.807) is 7.11 Å². The van der Waals surface area contributed by atoms with E-state index in [2.05, 4.69) is 63.3 Å². The number of methoxy groups -OCH3 is 1. The van der Waals surface area contributed by atoms with Gasteiger partial charge >= 0.3 is 0 Å². The minimum Gasteiger partial charge on any atom is -0.481 e. The molecule has 2 atom stereocenters. The molecule has 1 N–H and O–H groups in total. The molecule has 5 aromatic rings. The Morgan fingerprint density at radius 1 is 0.892 bits per heavy atom. The van der Waals surface area contributed by atoms with Gasteiger partial charge in [-0.15, -0.1) is 0 Å². The lowest BCUT2D eigenvalue weighted by Crippen LogP contribution is -2.38. The zero-order chi connectivity index (χ0) is 26.0. The fraction of sp³-hybridized carbons (Fsp3) is 0.219. The molecule has 5 heteroatoms. The Hall–Kier alpha value is -3.25. The van der Waals surface area contributed by atoms with E-state index in [1.807, 2.05) is 68.7 Å². The number of hydrogen-bond acceptors (Lipinski definition) is 4. The summed E-state index contributed by atoms with van der Waals surface area (Å²) in [6.45, 7) is 0.708. The van der Waals surface area contributed by atoms with Crippen molar-refractivity contribution in [2.75, 3.05) is 27.7 Å². The molecule has 0 spiro atoms. The molecule has 0 bridgehead atoms. The van der Waals surface area contributed by atoms with Crippen LogP contribution < -0.4 is 4.74 Å². The number of benzene rings is 4. The van der Waals surface area contributed by atoms with Crippen LogP contribution in [0.3, 0.4) is 0 Å². The van der Waals surface area contributed by atoms with E-state index in [0.717, 1.165) is 42.8 Å². The van der Waals surface area contributed by atoms with Crippen LogP contribution in [0.1, 0.15) is 29.0 Å². The minimum absolute atomic E-state index is 0.421. The Balaban J connectivity index is 1.83. The molecular weight excluding hydrogens is 524 g/mol.